The number of nitrogens with zero attached hydrogens (tertiary/aromatic N) is 1. The molecule has 84 valence electrons. The third-order valence-corrected chi connectivity index (χ3v) is 3.28. The second kappa shape index (κ2) is 6.58. The molecule has 1 heterocycles. The minimum atomic E-state index is 0.141. The van der Waals surface area contributed by atoms with Crippen molar-refractivity contribution in [3.63, 3.8) is 0 Å². The summed E-state index contributed by atoms with van der Waals surface area (Å²) in [6.45, 7) is 2.86. The van der Waals surface area contributed by atoms with Gasteiger partial charge in [0.15, 0.2) is 0 Å². The van der Waals surface area contributed by atoms with Crippen molar-refractivity contribution < 1.29 is 5.11 Å². The molecule has 0 aliphatic carbocycles. The molecule has 1 atom stereocenters. The first-order valence-electron chi connectivity index (χ1n) is 4.81. The molecule has 15 heavy (non-hydrogen) atoms. The van der Waals surface area contributed by atoms with Crippen LogP contribution in [-0.4, -0.2) is 22.7 Å². The van der Waals surface area contributed by atoms with Crippen LogP contribution in [0.2, 0.25) is 0 Å². The summed E-state index contributed by atoms with van der Waals surface area (Å²) in [6, 6.07) is 2.10. The summed E-state index contributed by atoms with van der Waals surface area (Å²) < 4.78 is 1.92. The van der Waals surface area contributed by atoms with Crippen LogP contribution in [0.5, 0.6) is 0 Å². The van der Waals surface area contributed by atoms with Gasteiger partial charge in [0, 0.05) is 27.7 Å². The first kappa shape index (κ1) is 13.1. The molecule has 0 spiro atoms. The van der Waals surface area contributed by atoms with Crippen molar-refractivity contribution in [2.24, 2.45) is 0 Å². The Morgan fingerprint density at radius 2 is 2.27 bits per heavy atom. The average molecular weight is 338 g/mol. The number of nitrogens with one attached hydrogen (secondary N) is 1. The van der Waals surface area contributed by atoms with Crippen molar-refractivity contribution in [2.45, 2.75) is 25.9 Å². The van der Waals surface area contributed by atoms with Gasteiger partial charge in [-0.2, -0.15) is 0 Å². The zero-order valence-corrected chi connectivity index (χ0v) is 11.7. The summed E-state index contributed by atoms with van der Waals surface area (Å²) in [7, 11) is 0. The monoisotopic (exact) mass is 336 g/mol. The van der Waals surface area contributed by atoms with Crippen LogP contribution in [0.25, 0.3) is 0 Å². The molecule has 0 aliphatic rings. The van der Waals surface area contributed by atoms with Crippen molar-refractivity contribution in [3.8, 4) is 0 Å². The lowest BCUT2D eigenvalue weighted by Gasteiger charge is -2.14. The van der Waals surface area contributed by atoms with E-state index in [1.165, 1.54) is 0 Å². The second-order valence-corrected chi connectivity index (χ2v) is 5.02. The molecule has 0 bridgehead atoms. The molecule has 0 fully saturated rings. The van der Waals surface area contributed by atoms with E-state index in [0.29, 0.717) is 6.54 Å². The number of pyridine rings is 1. The normalized spacial score (nSPS) is 12.8. The summed E-state index contributed by atoms with van der Waals surface area (Å²) in [6.07, 6.45) is 2.67. The van der Waals surface area contributed by atoms with Gasteiger partial charge in [-0.05, 0) is 44.3 Å². The van der Waals surface area contributed by atoms with E-state index in [9.17, 15) is 0 Å². The average Bonchev–Trinajstić information content (AvgIpc) is 2.22. The van der Waals surface area contributed by atoms with Crippen molar-refractivity contribution in [1.82, 2.24) is 10.3 Å². The van der Waals surface area contributed by atoms with Crippen molar-refractivity contribution in [2.75, 3.05) is 6.61 Å². The Kier molecular flexibility index (Phi) is 5.74. The molecule has 0 aromatic carbocycles. The van der Waals surface area contributed by atoms with Gasteiger partial charge in [0.2, 0.25) is 0 Å². The van der Waals surface area contributed by atoms with Gasteiger partial charge in [-0.15, -0.1) is 0 Å². The van der Waals surface area contributed by atoms with Crippen LogP contribution in [0.15, 0.2) is 21.2 Å². The standard InChI is InChI=1S/C10H14Br2N2O/c1-2-8(6-15)13-5-10-9(12)3-7(11)4-14-10/h3-4,8,13,15H,2,5-6H2,1H3. The Hall–Kier alpha value is 0.0300. The molecule has 0 saturated carbocycles. The summed E-state index contributed by atoms with van der Waals surface area (Å²) in [5.74, 6) is 0. The van der Waals surface area contributed by atoms with Gasteiger partial charge in [-0.3, -0.25) is 4.98 Å². The number of rotatable bonds is 5. The maximum atomic E-state index is 9.02. The van der Waals surface area contributed by atoms with E-state index >= 15 is 0 Å². The van der Waals surface area contributed by atoms with Crippen LogP contribution >= 0.6 is 31.9 Å². The summed E-state index contributed by atoms with van der Waals surface area (Å²) in [4.78, 5) is 4.28. The molecule has 1 rings (SSSR count). The van der Waals surface area contributed by atoms with E-state index < -0.39 is 0 Å². The Morgan fingerprint density at radius 1 is 1.53 bits per heavy atom. The Bertz CT molecular complexity index is 316. The van der Waals surface area contributed by atoms with E-state index in [0.717, 1.165) is 21.1 Å². The number of aliphatic hydroxyl groups excluding tert-OH is 1. The topological polar surface area (TPSA) is 45.1 Å². The van der Waals surface area contributed by atoms with Gasteiger partial charge in [0.25, 0.3) is 0 Å². The lowest BCUT2D eigenvalue weighted by Crippen LogP contribution is -2.31. The predicted molar refractivity (Wildman–Crippen MR) is 67.6 cm³/mol. The maximum Gasteiger partial charge on any atom is 0.0684 e. The van der Waals surface area contributed by atoms with Gasteiger partial charge in [0.1, 0.15) is 0 Å². The maximum absolute atomic E-state index is 9.02. The molecule has 0 saturated heterocycles. The smallest absolute Gasteiger partial charge is 0.0684 e. The molecule has 1 aromatic rings. The first-order chi connectivity index (χ1) is 7.17. The predicted octanol–water partition coefficient (Wildman–Crippen LogP) is 2.47. The highest BCUT2D eigenvalue weighted by atomic mass is 79.9. The molecule has 2 N–H and O–H groups in total. The number of aliphatic hydroxyl groups is 1. The van der Waals surface area contributed by atoms with E-state index in [1.807, 2.05) is 13.0 Å². The minimum Gasteiger partial charge on any atom is -0.395 e. The number of halogens is 2. The Balaban J connectivity index is 2.57. The first-order valence-corrected chi connectivity index (χ1v) is 6.40. The molecular weight excluding hydrogens is 324 g/mol. The van der Waals surface area contributed by atoms with Gasteiger partial charge in [0.05, 0.1) is 12.3 Å². The quantitative estimate of drug-likeness (QED) is 0.867. The Labute approximate surface area is 107 Å². The molecule has 1 unspecified atom stereocenters. The minimum absolute atomic E-state index is 0.141. The highest BCUT2D eigenvalue weighted by Crippen LogP contribution is 2.19. The highest BCUT2D eigenvalue weighted by Gasteiger charge is 2.06. The van der Waals surface area contributed by atoms with E-state index in [2.05, 4.69) is 42.2 Å². The summed E-state index contributed by atoms with van der Waals surface area (Å²) in [5, 5.41) is 12.3. The molecule has 0 aliphatic heterocycles. The van der Waals surface area contributed by atoms with Crippen molar-refractivity contribution in [1.29, 1.82) is 0 Å². The molecule has 5 heteroatoms. The van der Waals surface area contributed by atoms with Crippen molar-refractivity contribution in [3.05, 3.63) is 26.9 Å². The fourth-order valence-corrected chi connectivity index (χ4v) is 2.28. The highest BCUT2D eigenvalue weighted by molar-refractivity contribution is 9.11. The van der Waals surface area contributed by atoms with Crippen LogP contribution < -0.4 is 5.32 Å². The van der Waals surface area contributed by atoms with E-state index in [4.69, 9.17) is 5.11 Å². The van der Waals surface area contributed by atoms with E-state index in [-0.39, 0.29) is 12.6 Å². The lowest BCUT2D eigenvalue weighted by atomic mass is 10.2. The zero-order chi connectivity index (χ0) is 11.3. The van der Waals surface area contributed by atoms with Crippen molar-refractivity contribution >= 4 is 31.9 Å². The number of hydrogen-bond acceptors (Lipinski definition) is 3. The van der Waals surface area contributed by atoms with Gasteiger partial charge in [-0.25, -0.2) is 0 Å². The van der Waals surface area contributed by atoms with Crippen LogP contribution in [0, 0.1) is 0 Å². The molecule has 0 amide bonds. The van der Waals surface area contributed by atoms with E-state index in [1.54, 1.807) is 6.20 Å². The van der Waals surface area contributed by atoms with Gasteiger partial charge in [-0.1, -0.05) is 6.92 Å². The number of hydrogen-bond donors (Lipinski definition) is 2. The van der Waals surface area contributed by atoms with Crippen LogP contribution in [-0.2, 0) is 6.54 Å². The summed E-state index contributed by atoms with van der Waals surface area (Å²) in [5.41, 5.74) is 0.949. The third-order valence-electron chi connectivity index (χ3n) is 2.16. The SMILES string of the molecule is CCC(CO)NCc1ncc(Br)cc1Br. The van der Waals surface area contributed by atoms with Gasteiger partial charge >= 0.3 is 0 Å². The molecule has 3 nitrogen and oxygen atoms in total. The molecular formula is C10H14Br2N2O. The zero-order valence-electron chi connectivity index (χ0n) is 8.50. The van der Waals surface area contributed by atoms with Crippen LogP contribution in [0.4, 0.5) is 0 Å². The van der Waals surface area contributed by atoms with Crippen LogP contribution in [0.3, 0.4) is 0 Å². The van der Waals surface area contributed by atoms with Gasteiger partial charge < -0.3 is 10.4 Å². The largest absolute Gasteiger partial charge is 0.395 e. The Morgan fingerprint density at radius 3 is 2.80 bits per heavy atom. The third kappa shape index (κ3) is 4.18. The summed E-state index contributed by atoms with van der Waals surface area (Å²) >= 11 is 6.80. The molecule has 0 radical (unpaired) electrons. The fourth-order valence-electron chi connectivity index (χ4n) is 1.15. The fraction of sp³-hybridized carbons (Fsp3) is 0.500. The van der Waals surface area contributed by atoms with Crippen LogP contribution in [0.1, 0.15) is 19.0 Å². The second-order valence-electron chi connectivity index (χ2n) is 3.25. The number of aromatic nitrogens is 1. The molecule has 1 aromatic heterocycles. The lowest BCUT2D eigenvalue weighted by molar-refractivity contribution is 0.238.